The maximum Gasteiger partial charge on any atom is 0.522 e. The van der Waals surface area contributed by atoms with Crippen LogP contribution in [-0.2, 0) is 9.53 Å². The Hall–Kier alpha value is -1.68. The van der Waals surface area contributed by atoms with E-state index in [9.17, 15) is 18.0 Å². The molecule has 35 heavy (non-hydrogen) atoms. The monoisotopic (exact) mass is 497 g/mol. The highest BCUT2D eigenvalue weighted by Crippen LogP contribution is 2.36. The Bertz CT molecular complexity index is 782. The maximum absolute atomic E-state index is 12.8. The number of halogens is 3. The first-order valence-electron chi connectivity index (χ1n) is 13.4. The largest absolute Gasteiger partial charge is 0.522 e. The summed E-state index contributed by atoms with van der Waals surface area (Å²) in [7, 11) is 0. The molecule has 0 aromatic heterocycles. The summed E-state index contributed by atoms with van der Waals surface area (Å²) in [5, 5.41) is 8.31. The van der Waals surface area contributed by atoms with E-state index in [1.165, 1.54) is 13.0 Å². The van der Waals surface area contributed by atoms with Crippen molar-refractivity contribution in [2.45, 2.75) is 82.3 Å². The fourth-order valence-electron chi connectivity index (χ4n) is 6.96. The van der Waals surface area contributed by atoms with Gasteiger partial charge < -0.3 is 9.80 Å². The number of nitrogens with zero attached hydrogens (tertiary/aromatic N) is 4. The lowest BCUT2D eigenvalue weighted by Crippen LogP contribution is -2.40. The van der Waals surface area contributed by atoms with Crippen LogP contribution in [0, 0.1) is 23.7 Å². The van der Waals surface area contributed by atoms with Crippen molar-refractivity contribution in [2.75, 3.05) is 32.7 Å². The Morgan fingerprint density at radius 1 is 1.00 bits per heavy atom. The molecule has 0 bridgehead atoms. The van der Waals surface area contributed by atoms with E-state index in [0.717, 1.165) is 51.9 Å². The molecule has 7 nitrogen and oxygen atoms in total. The highest BCUT2D eigenvalue weighted by Gasteiger charge is 2.39. The zero-order chi connectivity index (χ0) is 24.4. The number of hydrogen-bond acceptors (Lipinski definition) is 6. The normalized spacial score (nSPS) is 38.3. The summed E-state index contributed by atoms with van der Waals surface area (Å²) >= 11 is 0. The Labute approximate surface area is 205 Å². The molecule has 2 aliphatic carbocycles. The zero-order valence-electron chi connectivity index (χ0n) is 20.3. The minimum absolute atomic E-state index is 0.0483. The summed E-state index contributed by atoms with van der Waals surface area (Å²) in [4.78, 5) is 17.4. The van der Waals surface area contributed by atoms with Crippen LogP contribution in [0.1, 0.15) is 57.8 Å². The smallest absolute Gasteiger partial charge is 0.339 e. The third-order valence-electron chi connectivity index (χ3n) is 8.90. The first kappa shape index (κ1) is 25.0. The second kappa shape index (κ2) is 10.7. The van der Waals surface area contributed by atoms with Crippen LogP contribution >= 0.6 is 0 Å². The van der Waals surface area contributed by atoms with E-state index in [1.807, 2.05) is 11.0 Å². The van der Waals surface area contributed by atoms with Crippen molar-refractivity contribution in [1.29, 1.82) is 0 Å². The van der Waals surface area contributed by atoms with Gasteiger partial charge in [-0.3, -0.25) is 15.0 Å². The molecule has 10 heteroatoms. The van der Waals surface area contributed by atoms with Gasteiger partial charge in [-0.05, 0) is 87.5 Å². The van der Waals surface area contributed by atoms with Gasteiger partial charge in [0.25, 0.3) is 0 Å². The number of alkyl halides is 3. The van der Waals surface area contributed by atoms with Crippen LogP contribution in [0.3, 0.4) is 0 Å². The third kappa shape index (κ3) is 6.56. The van der Waals surface area contributed by atoms with E-state index < -0.39 is 12.5 Å². The highest BCUT2D eigenvalue weighted by atomic mass is 19.4. The number of fused-ring (bicyclic) bond motifs is 2. The van der Waals surface area contributed by atoms with Gasteiger partial charge in [-0.1, -0.05) is 11.3 Å². The Morgan fingerprint density at radius 3 is 2.40 bits per heavy atom. The fourth-order valence-corrected chi connectivity index (χ4v) is 6.96. The predicted molar refractivity (Wildman–Crippen MR) is 124 cm³/mol. The van der Waals surface area contributed by atoms with Gasteiger partial charge in [0, 0.05) is 32.7 Å². The molecule has 5 rings (SSSR count). The number of likely N-dealkylation sites (tertiary alicyclic amines) is 2. The van der Waals surface area contributed by atoms with Gasteiger partial charge in [0.1, 0.15) is 0 Å². The number of carbonyl (C=O) groups is 1. The molecule has 5 unspecified atom stereocenters. The van der Waals surface area contributed by atoms with Crippen molar-refractivity contribution in [3.8, 4) is 0 Å². The maximum atomic E-state index is 12.8. The average Bonchev–Trinajstić information content (AvgIpc) is 3.39. The highest BCUT2D eigenvalue weighted by molar-refractivity contribution is 5.87. The summed E-state index contributed by atoms with van der Waals surface area (Å²) < 4.78 is 41.3. The minimum atomic E-state index is -4.56. The topological polar surface area (TPSA) is 69.5 Å². The van der Waals surface area contributed by atoms with Crippen molar-refractivity contribution in [3.05, 3.63) is 12.2 Å². The predicted octanol–water partition coefficient (Wildman–Crippen LogP) is 4.32. The average molecular weight is 498 g/mol. The molecule has 4 fully saturated rings. The SMILES string of the molecule is O=C(C=CC1CCC(OC(F)(F)F)CC1)N1CCC2CN(CC3CCC4N=NNC4C3)CC2CC1. The number of hydrogen-bond donors (Lipinski definition) is 1. The zero-order valence-corrected chi connectivity index (χ0v) is 20.3. The second-order valence-corrected chi connectivity index (χ2v) is 11.3. The van der Waals surface area contributed by atoms with Crippen LogP contribution in [0.15, 0.2) is 22.5 Å². The number of carbonyl (C=O) groups excluding carboxylic acids is 1. The van der Waals surface area contributed by atoms with Crippen molar-refractivity contribution in [2.24, 2.45) is 34.0 Å². The molecule has 1 N–H and O–H groups in total. The standard InChI is InChI=1S/C25H38F3N5O2/c26-25(27,28)35-21-5-1-17(2-6-21)4-8-24(34)33-11-9-19-15-32(16-20(19)10-12-33)14-18-3-7-22-23(13-18)30-31-29-22/h4,8,17-23H,1-3,5-7,9-16H2,(H,29,30). The molecule has 2 saturated carbocycles. The molecule has 1 amide bonds. The number of ether oxygens (including phenoxy) is 1. The van der Waals surface area contributed by atoms with E-state index in [1.54, 1.807) is 6.08 Å². The molecule has 5 aliphatic rings. The molecule has 0 aromatic carbocycles. The third-order valence-corrected chi connectivity index (χ3v) is 8.90. The first-order valence-corrected chi connectivity index (χ1v) is 13.4. The van der Waals surface area contributed by atoms with Crippen LogP contribution in [0.25, 0.3) is 0 Å². The molecule has 5 atom stereocenters. The molecule has 3 heterocycles. The number of nitrogens with one attached hydrogen (secondary N) is 1. The molecule has 0 aromatic rings. The molecule has 3 aliphatic heterocycles. The summed E-state index contributed by atoms with van der Waals surface area (Å²) in [5.41, 5.74) is 3.18. The van der Waals surface area contributed by atoms with Gasteiger partial charge >= 0.3 is 6.36 Å². The Kier molecular flexibility index (Phi) is 7.67. The van der Waals surface area contributed by atoms with Crippen molar-refractivity contribution >= 4 is 5.91 Å². The summed E-state index contributed by atoms with van der Waals surface area (Å²) in [6.07, 6.45) is 5.93. The molecular formula is C25H38F3N5O2. The summed E-state index contributed by atoms with van der Waals surface area (Å²) in [6.45, 7) is 5.03. The molecule has 2 saturated heterocycles. The quantitative estimate of drug-likeness (QED) is 0.575. The summed E-state index contributed by atoms with van der Waals surface area (Å²) in [5.74, 6) is 2.24. The van der Waals surface area contributed by atoms with E-state index in [-0.39, 0.29) is 11.8 Å². The number of allylic oxidation sites excluding steroid dienone is 1. The van der Waals surface area contributed by atoms with Gasteiger partial charge in [-0.15, -0.1) is 13.2 Å². The van der Waals surface area contributed by atoms with Crippen LogP contribution < -0.4 is 5.43 Å². The number of amides is 1. The van der Waals surface area contributed by atoms with Crippen LogP contribution in [-0.4, -0.2) is 73.0 Å². The lowest BCUT2D eigenvalue weighted by atomic mass is 9.83. The van der Waals surface area contributed by atoms with Crippen LogP contribution in [0.2, 0.25) is 0 Å². The lowest BCUT2D eigenvalue weighted by Gasteiger charge is -2.32. The fraction of sp³-hybridized carbons (Fsp3) is 0.880. The van der Waals surface area contributed by atoms with Gasteiger partial charge in [-0.25, -0.2) is 0 Å². The second-order valence-electron chi connectivity index (χ2n) is 11.3. The molecule has 0 spiro atoms. The Morgan fingerprint density at radius 2 is 1.71 bits per heavy atom. The van der Waals surface area contributed by atoms with E-state index >= 15 is 0 Å². The molecule has 0 radical (unpaired) electrons. The summed E-state index contributed by atoms with van der Waals surface area (Å²) in [6, 6.07) is 0.810. The number of rotatable bonds is 5. The van der Waals surface area contributed by atoms with Crippen LogP contribution in [0.4, 0.5) is 13.2 Å². The Balaban J connectivity index is 1.02. The van der Waals surface area contributed by atoms with Gasteiger partial charge in [-0.2, -0.15) is 5.11 Å². The molecular weight excluding hydrogens is 459 g/mol. The van der Waals surface area contributed by atoms with Gasteiger partial charge in [0.05, 0.1) is 18.2 Å². The van der Waals surface area contributed by atoms with Crippen molar-refractivity contribution < 1.29 is 22.7 Å². The minimum Gasteiger partial charge on any atom is -0.339 e. The van der Waals surface area contributed by atoms with E-state index in [0.29, 0.717) is 55.5 Å². The van der Waals surface area contributed by atoms with Gasteiger partial charge in [0.2, 0.25) is 5.91 Å². The molecule has 196 valence electrons. The van der Waals surface area contributed by atoms with E-state index in [4.69, 9.17) is 0 Å². The lowest BCUT2D eigenvalue weighted by molar-refractivity contribution is -0.345. The first-order chi connectivity index (χ1) is 16.8. The van der Waals surface area contributed by atoms with Crippen molar-refractivity contribution in [3.63, 3.8) is 0 Å². The van der Waals surface area contributed by atoms with Crippen molar-refractivity contribution in [1.82, 2.24) is 15.2 Å². The van der Waals surface area contributed by atoms with E-state index in [2.05, 4.69) is 25.4 Å². The van der Waals surface area contributed by atoms with Crippen LogP contribution in [0.5, 0.6) is 0 Å². The van der Waals surface area contributed by atoms with Gasteiger partial charge in [0.15, 0.2) is 0 Å².